The average Bonchev–Trinajstić information content (AvgIpc) is 2.58. The van der Waals surface area contributed by atoms with Gasteiger partial charge in [-0.1, -0.05) is 32.4 Å². The molecule has 0 fully saturated rings. The third-order valence-corrected chi connectivity index (χ3v) is 4.10. The molecule has 116 valence electrons. The molecule has 0 aliphatic rings. The maximum Gasteiger partial charge on any atom is 0.0847 e. The topological polar surface area (TPSA) is 39.1 Å². The summed E-state index contributed by atoms with van der Waals surface area (Å²) in [6.45, 7) is 11.3. The second kappa shape index (κ2) is 6.92. The van der Waals surface area contributed by atoms with Crippen molar-refractivity contribution in [1.82, 2.24) is 15.1 Å². The molecule has 1 aromatic rings. The van der Waals surface area contributed by atoms with Crippen LogP contribution < -0.4 is 5.32 Å². The molecule has 0 amide bonds. The number of nitrogens with one attached hydrogen (secondary N) is 1. The number of halogens is 1. The molecule has 1 aromatic heterocycles. The highest BCUT2D eigenvalue weighted by Crippen LogP contribution is 2.28. The molecule has 0 saturated carbocycles. The van der Waals surface area contributed by atoms with E-state index in [4.69, 9.17) is 16.3 Å². The summed E-state index contributed by atoms with van der Waals surface area (Å²) in [7, 11) is 3.91. The van der Waals surface area contributed by atoms with Crippen LogP contribution in [-0.2, 0) is 18.2 Å². The summed E-state index contributed by atoms with van der Waals surface area (Å²) in [5.74, 6) is 0. The van der Waals surface area contributed by atoms with E-state index in [0.29, 0.717) is 6.61 Å². The van der Waals surface area contributed by atoms with Crippen LogP contribution in [0.15, 0.2) is 0 Å². The highest BCUT2D eigenvalue weighted by Gasteiger charge is 2.33. The summed E-state index contributed by atoms with van der Waals surface area (Å²) in [6.07, 6.45) is 0.915. The predicted molar refractivity (Wildman–Crippen MR) is 84.4 cm³/mol. The summed E-state index contributed by atoms with van der Waals surface area (Å²) in [5.41, 5.74) is 1.99. The Morgan fingerprint density at radius 3 is 2.35 bits per heavy atom. The van der Waals surface area contributed by atoms with E-state index in [1.165, 1.54) is 0 Å². The van der Waals surface area contributed by atoms with Gasteiger partial charge in [0.1, 0.15) is 0 Å². The molecule has 0 aliphatic carbocycles. The first-order chi connectivity index (χ1) is 9.22. The van der Waals surface area contributed by atoms with Gasteiger partial charge in [0.25, 0.3) is 0 Å². The van der Waals surface area contributed by atoms with Crippen molar-refractivity contribution in [2.45, 2.75) is 53.2 Å². The fraction of sp³-hybridized carbons (Fsp3) is 0.800. The van der Waals surface area contributed by atoms with Crippen LogP contribution in [0.5, 0.6) is 0 Å². The molecule has 0 aromatic carbocycles. The Balaban J connectivity index is 3.00. The monoisotopic (exact) mass is 301 g/mol. The normalized spacial score (nSPS) is 15.4. The molecule has 0 bridgehead atoms. The van der Waals surface area contributed by atoms with Crippen molar-refractivity contribution in [3.63, 3.8) is 0 Å². The number of hydrogen-bond donors (Lipinski definition) is 1. The van der Waals surface area contributed by atoms with E-state index < -0.39 is 0 Å². The molecule has 5 heteroatoms. The summed E-state index contributed by atoms with van der Waals surface area (Å²) in [6, 6.07) is 0.197. The third-order valence-electron chi connectivity index (χ3n) is 3.61. The van der Waals surface area contributed by atoms with E-state index >= 15 is 0 Å². The van der Waals surface area contributed by atoms with Gasteiger partial charge in [-0.15, -0.1) is 0 Å². The second-order valence-electron chi connectivity index (χ2n) is 6.31. The highest BCUT2D eigenvalue weighted by molar-refractivity contribution is 6.31. The number of ether oxygens (including phenoxy) is 1. The molecule has 0 saturated heterocycles. The minimum Gasteiger partial charge on any atom is -0.376 e. The van der Waals surface area contributed by atoms with Gasteiger partial charge in [-0.25, -0.2) is 0 Å². The lowest BCUT2D eigenvalue weighted by molar-refractivity contribution is -0.0343. The fourth-order valence-corrected chi connectivity index (χ4v) is 2.86. The lowest BCUT2D eigenvalue weighted by atomic mass is 9.83. The smallest absolute Gasteiger partial charge is 0.0847 e. The maximum atomic E-state index is 6.36. The molecule has 1 rings (SSSR count). The molecule has 0 aliphatic heterocycles. The van der Waals surface area contributed by atoms with Crippen LogP contribution in [0.4, 0.5) is 0 Å². The molecular weight excluding hydrogens is 274 g/mol. The van der Waals surface area contributed by atoms with Crippen LogP contribution in [0.2, 0.25) is 5.02 Å². The fourth-order valence-electron chi connectivity index (χ4n) is 2.62. The molecule has 1 N–H and O–H groups in total. The number of likely N-dealkylation sites (N-methyl/N-ethyl adjacent to an activating group) is 1. The van der Waals surface area contributed by atoms with Crippen LogP contribution in [0.25, 0.3) is 0 Å². The third kappa shape index (κ3) is 3.96. The van der Waals surface area contributed by atoms with Crippen molar-refractivity contribution >= 4 is 11.6 Å². The van der Waals surface area contributed by atoms with E-state index in [2.05, 4.69) is 31.2 Å². The van der Waals surface area contributed by atoms with Crippen molar-refractivity contribution < 1.29 is 4.74 Å². The molecule has 0 radical (unpaired) electrons. The first-order valence-electron chi connectivity index (χ1n) is 7.19. The SMILES string of the molecule is CCOC(C(Cc1c(Cl)c(C)nn1C)NC)C(C)(C)C. The molecule has 2 atom stereocenters. The number of nitrogens with zero attached hydrogens (tertiary/aromatic N) is 2. The van der Waals surface area contributed by atoms with E-state index in [-0.39, 0.29) is 17.6 Å². The van der Waals surface area contributed by atoms with Gasteiger partial charge in [0.15, 0.2) is 0 Å². The van der Waals surface area contributed by atoms with Gasteiger partial charge < -0.3 is 10.1 Å². The van der Waals surface area contributed by atoms with Crippen LogP contribution in [0.3, 0.4) is 0 Å². The Labute approximate surface area is 127 Å². The molecule has 0 spiro atoms. The van der Waals surface area contributed by atoms with Crippen LogP contribution >= 0.6 is 11.6 Å². The van der Waals surface area contributed by atoms with E-state index in [0.717, 1.165) is 22.8 Å². The maximum absolute atomic E-state index is 6.36. The molecular formula is C15H28ClN3O. The predicted octanol–water partition coefficient (Wildman–Crippen LogP) is 2.96. The van der Waals surface area contributed by atoms with Crippen molar-refractivity contribution in [2.24, 2.45) is 12.5 Å². The van der Waals surface area contributed by atoms with Crippen LogP contribution in [0.1, 0.15) is 39.1 Å². The van der Waals surface area contributed by atoms with Crippen molar-refractivity contribution in [3.05, 3.63) is 16.4 Å². The number of hydrogen-bond acceptors (Lipinski definition) is 3. The Bertz CT molecular complexity index is 437. The number of rotatable bonds is 6. The van der Waals surface area contributed by atoms with Crippen LogP contribution in [-0.4, -0.2) is 35.6 Å². The molecule has 4 nitrogen and oxygen atoms in total. The molecule has 2 unspecified atom stereocenters. The average molecular weight is 302 g/mol. The molecule has 20 heavy (non-hydrogen) atoms. The van der Waals surface area contributed by atoms with Crippen LogP contribution in [0, 0.1) is 12.3 Å². The highest BCUT2D eigenvalue weighted by atomic mass is 35.5. The number of aryl methyl sites for hydroxylation is 2. The quantitative estimate of drug-likeness (QED) is 0.878. The second-order valence-corrected chi connectivity index (χ2v) is 6.69. The first-order valence-corrected chi connectivity index (χ1v) is 7.57. The van der Waals surface area contributed by atoms with Gasteiger partial charge in [-0.2, -0.15) is 5.10 Å². The zero-order chi connectivity index (χ0) is 15.5. The van der Waals surface area contributed by atoms with Gasteiger partial charge in [-0.05, 0) is 26.3 Å². The van der Waals surface area contributed by atoms with Crippen molar-refractivity contribution in [3.8, 4) is 0 Å². The van der Waals surface area contributed by atoms with Gasteiger partial charge in [-0.3, -0.25) is 4.68 Å². The van der Waals surface area contributed by atoms with E-state index in [1.54, 1.807) is 0 Å². The van der Waals surface area contributed by atoms with Crippen molar-refractivity contribution in [2.75, 3.05) is 13.7 Å². The minimum atomic E-state index is 0.0593. The standard InChI is InChI=1S/C15H28ClN3O/c1-8-20-14(15(3,4)5)11(17-6)9-12-13(16)10(2)18-19(12)7/h11,14,17H,8-9H2,1-7H3. The largest absolute Gasteiger partial charge is 0.376 e. The first kappa shape index (κ1) is 17.5. The molecule has 1 heterocycles. The van der Waals surface area contributed by atoms with Gasteiger partial charge >= 0.3 is 0 Å². The Kier molecular flexibility index (Phi) is 6.05. The summed E-state index contributed by atoms with van der Waals surface area (Å²) >= 11 is 6.36. The van der Waals surface area contributed by atoms with Crippen molar-refractivity contribution in [1.29, 1.82) is 0 Å². The van der Waals surface area contributed by atoms with E-state index in [1.807, 2.05) is 32.6 Å². The minimum absolute atomic E-state index is 0.0593. The lowest BCUT2D eigenvalue weighted by Crippen LogP contribution is -2.48. The van der Waals surface area contributed by atoms with E-state index in [9.17, 15) is 0 Å². The lowest BCUT2D eigenvalue weighted by Gasteiger charge is -2.36. The Morgan fingerprint density at radius 1 is 1.40 bits per heavy atom. The summed E-state index contributed by atoms with van der Waals surface area (Å²) in [4.78, 5) is 0. The summed E-state index contributed by atoms with van der Waals surface area (Å²) in [5, 5.41) is 8.52. The zero-order valence-corrected chi connectivity index (χ0v) is 14.5. The van der Waals surface area contributed by atoms with Gasteiger partial charge in [0.05, 0.1) is 22.5 Å². The van der Waals surface area contributed by atoms with Gasteiger partial charge in [0.2, 0.25) is 0 Å². The Morgan fingerprint density at radius 2 is 2.00 bits per heavy atom. The van der Waals surface area contributed by atoms with Gasteiger partial charge in [0, 0.05) is 26.1 Å². The Hall–Kier alpha value is -0.580. The zero-order valence-electron chi connectivity index (χ0n) is 13.7. The summed E-state index contributed by atoms with van der Waals surface area (Å²) < 4.78 is 7.85. The number of aromatic nitrogens is 2.